The Bertz CT molecular complexity index is 1490. The summed E-state index contributed by atoms with van der Waals surface area (Å²) in [7, 11) is 0. The van der Waals surface area contributed by atoms with Crippen LogP contribution in [-0.2, 0) is 11.3 Å². The maximum atomic E-state index is 11.0. The molecule has 0 saturated carbocycles. The van der Waals surface area contributed by atoms with Crippen molar-refractivity contribution < 1.29 is 9.90 Å². The first kappa shape index (κ1) is 25.5. The topological polar surface area (TPSA) is 67.2 Å². The summed E-state index contributed by atoms with van der Waals surface area (Å²) in [4.78, 5) is 16.3. The van der Waals surface area contributed by atoms with E-state index in [1.165, 1.54) is 0 Å². The van der Waals surface area contributed by atoms with Crippen LogP contribution in [0.25, 0.3) is 45.0 Å². The van der Waals surface area contributed by atoms with Gasteiger partial charge in [-0.2, -0.15) is 0 Å². The van der Waals surface area contributed by atoms with Crippen molar-refractivity contribution in [1.82, 2.24) is 9.55 Å². The van der Waals surface area contributed by atoms with Crippen molar-refractivity contribution in [3.63, 3.8) is 0 Å². The van der Waals surface area contributed by atoms with Crippen molar-refractivity contribution >= 4 is 11.7 Å². The molecule has 186 valence electrons. The Balaban J connectivity index is 0.00000320. The largest absolute Gasteiger partial charge is 0.480 e. The Morgan fingerprint density at radius 3 is 2.03 bits per heavy atom. The number of nitrogens with zero attached hydrogens (tertiary/aromatic N) is 2. The number of nitrogens with one attached hydrogen (secondary N) is 1. The summed E-state index contributed by atoms with van der Waals surface area (Å²) in [5, 5.41) is 12.0. The molecule has 0 unspecified atom stereocenters. The van der Waals surface area contributed by atoms with Gasteiger partial charge in [0.05, 0.1) is 11.4 Å². The molecule has 0 aliphatic carbocycles. The van der Waals surface area contributed by atoms with Crippen LogP contribution in [-0.4, -0.2) is 27.2 Å². The van der Waals surface area contributed by atoms with E-state index < -0.39 is 5.97 Å². The molecule has 5 heteroatoms. The molecule has 0 fully saturated rings. The van der Waals surface area contributed by atoms with E-state index in [4.69, 9.17) is 10.1 Å². The van der Waals surface area contributed by atoms with Crippen LogP contribution in [0.1, 0.15) is 14.4 Å². The number of aromatic nitrogens is 2. The molecular weight excluding hydrogens is 458 g/mol. The van der Waals surface area contributed by atoms with E-state index in [1.54, 1.807) is 0 Å². The lowest BCUT2D eigenvalue weighted by Crippen LogP contribution is -2.12. The van der Waals surface area contributed by atoms with Gasteiger partial charge in [0.25, 0.3) is 0 Å². The Morgan fingerprint density at radius 2 is 1.38 bits per heavy atom. The number of carboxylic acid groups (broad SMARTS) is 1. The molecule has 0 spiro atoms. The maximum absolute atomic E-state index is 11.0. The Hall–Kier alpha value is -4.64. The van der Waals surface area contributed by atoms with Crippen LogP contribution in [0.5, 0.6) is 0 Å². The molecule has 0 saturated heterocycles. The summed E-state index contributed by atoms with van der Waals surface area (Å²) in [5.74, 6) is 0.00219. The van der Waals surface area contributed by atoms with Crippen molar-refractivity contribution in [2.24, 2.45) is 0 Å². The maximum Gasteiger partial charge on any atom is 0.322 e. The molecule has 1 aromatic heterocycles. The van der Waals surface area contributed by atoms with E-state index in [1.807, 2.05) is 60.7 Å². The van der Waals surface area contributed by atoms with Crippen LogP contribution < -0.4 is 5.32 Å². The van der Waals surface area contributed by atoms with E-state index >= 15 is 0 Å². The minimum absolute atomic E-state index is 0. The average molecular weight is 490 g/mol. The third kappa shape index (κ3) is 5.31. The average Bonchev–Trinajstić information content (AvgIpc) is 3.32. The fourth-order valence-corrected chi connectivity index (χ4v) is 4.56. The molecule has 4 aromatic carbocycles. The number of carboxylic acids is 1. The molecule has 0 aliphatic heterocycles. The van der Waals surface area contributed by atoms with Gasteiger partial charge in [0.2, 0.25) is 0 Å². The lowest BCUT2D eigenvalue weighted by molar-refractivity contribution is -0.134. The van der Waals surface area contributed by atoms with Crippen molar-refractivity contribution in [2.45, 2.75) is 20.9 Å². The first-order valence-electron chi connectivity index (χ1n) is 12.0. The molecule has 0 bridgehead atoms. The highest BCUT2D eigenvalue weighted by Gasteiger charge is 2.22. The van der Waals surface area contributed by atoms with Gasteiger partial charge in [-0.25, -0.2) is 4.98 Å². The predicted molar refractivity (Wildman–Crippen MR) is 153 cm³/mol. The van der Waals surface area contributed by atoms with Crippen molar-refractivity contribution in [3.05, 3.63) is 109 Å². The van der Waals surface area contributed by atoms with Crippen molar-refractivity contribution in [1.29, 1.82) is 0 Å². The van der Waals surface area contributed by atoms with Crippen LogP contribution in [0.2, 0.25) is 0 Å². The lowest BCUT2D eigenvalue weighted by atomic mass is 9.98. The molecule has 0 radical (unpaired) electrons. The van der Waals surface area contributed by atoms with Crippen LogP contribution in [0.3, 0.4) is 0 Å². The Labute approximate surface area is 218 Å². The fourth-order valence-electron chi connectivity index (χ4n) is 4.56. The van der Waals surface area contributed by atoms with Gasteiger partial charge in [0.1, 0.15) is 12.4 Å². The number of anilines is 1. The highest BCUT2D eigenvalue weighted by molar-refractivity contribution is 5.87. The number of imidazole rings is 1. The summed E-state index contributed by atoms with van der Waals surface area (Å²) in [6.45, 7) is 2.77. The van der Waals surface area contributed by atoms with E-state index in [2.05, 4.69) is 65.3 Å². The zero-order valence-corrected chi connectivity index (χ0v) is 20.1. The smallest absolute Gasteiger partial charge is 0.322 e. The highest BCUT2D eigenvalue weighted by atomic mass is 16.4. The number of carbonyl (C=O) groups is 1. The van der Waals surface area contributed by atoms with Gasteiger partial charge in [-0.15, -0.1) is 0 Å². The second-order valence-electron chi connectivity index (χ2n) is 8.48. The second kappa shape index (κ2) is 11.4. The van der Waals surface area contributed by atoms with E-state index in [9.17, 15) is 4.79 Å². The molecule has 0 atom stereocenters. The number of hydrogen-bond acceptors (Lipinski definition) is 3. The van der Waals surface area contributed by atoms with Gasteiger partial charge in [0.15, 0.2) is 0 Å². The quantitative estimate of drug-likeness (QED) is 0.234. The highest BCUT2D eigenvalue weighted by Crippen LogP contribution is 2.39. The number of aliphatic carboxylic acids is 1. The van der Waals surface area contributed by atoms with Crippen LogP contribution in [0.4, 0.5) is 5.69 Å². The number of rotatable bonds is 8. The van der Waals surface area contributed by atoms with E-state index in [0.717, 1.165) is 57.3 Å². The van der Waals surface area contributed by atoms with Crippen molar-refractivity contribution in [2.75, 3.05) is 11.9 Å². The van der Waals surface area contributed by atoms with Crippen LogP contribution in [0, 0.1) is 0 Å². The summed E-state index contributed by atoms with van der Waals surface area (Å²) in [5.41, 5.74) is 8.05. The Kier molecular flexibility index (Phi) is 7.84. The molecule has 0 amide bonds. The second-order valence-corrected chi connectivity index (χ2v) is 8.48. The zero-order valence-electron chi connectivity index (χ0n) is 20.1. The molecule has 1 heterocycles. The summed E-state index contributed by atoms with van der Waals surface area (Å²) in [6.07, 6.45) is 0. The van der Waals surface area contributed by atoms with Gasteiger partial charge in [-0.1, -0.05) is 104 Å². The zero-order chi connectivity index (χ0) is 24.9. The number of benzene rings is 4. The van der Waals surface area contributed by atoms with Crippen LogP contribution in [0.15, 0.2) is 109 Å². The summed E-state index contributed by atoms with van der Waals surface area (Å²) in [6, 6.07) is 36.8. The third-order valence-corrected chi connectivity index (χ3v) is 6.16. The van der Waals surface area contributed by atoms with Gasteiger partial charge >= 0.3 is 5.97 Å². The fraction of sp³-hybridized carbons (Fsp3) is 0.125. The summed E-state index contributed by atoms with van der Waals surface area (Å²) < 4.78 is 2.28. The van der Waals surface area contributed by atoms with Crippen LogP contribution >= 0.6 is 0 Å². The van der Waals surface area contributed by atoms with E-state index in [-0.39, 0.29) is 14.0 Å². The molecule has 0 aliphatic rings. The molecule has 2 N–H and O–H groups in total. The minimum Gasteiger partial charge on any atom is -0.480 e. The van der Waals surface area contributed by atoms with Gasteiger partial charge in [-0.05, 0) is 30.2 Å². The molecule has 5 rings (SSSR count). The summed E-state index contributed by atoms with van der Waals surface area (Å²) >= 11 is 0. The van der Waals surface area contributed by atoms with Gasteiger partial charge in [-0.3, -0.25) is 4.79 Å². The molecule has 5 nitrogen and oxygen atoms in total. The molecular formula is C32H31N3O2. The SMILES string of the molecule is C.CCn1c(-c2ccccc2-c2cccc(NCC(=O)O)c2)nc(-c2ccccc2)c1-c1ccccc1. The van der Waals surface area contributed by atoms with Crippen molar-refractivity contribution in [3.8, 4) is 45.0 Å². The van der Waals surface area contributed by atoms with Gasteiger partial charge in [0, 0.05) is 28.9 Å². The molecule has 37 heavy (non-hydrogen) atoms. The first-order valence-corrected chi connectivity index (χ1v) is 12.0. The number of hydrogen-bond donors (Lipinski definition) is 2. The monoisotopic (exact) mass is 489 g/mol. The standard InChI is InChI=1S/C31H27N3O2.CH4/c1-2-34-30(23-14-7-4-8-15-23)29(22-12-5-3-6-13-22)33-31(34)27-19-10-9-18-26(27)24-16-11-17-25(20-24)32-21-28(35)36;/h3-20,32H,2,21H2,1H3,(H,35,36);1H4. The third-order valence-electron chi connectivity index (χ3n) is 6.16. The van der Waals surface area contributed by atoms with Gasteiger partial charge < -0.3 is 15.0 Å². The first-order chi connectivity index (χ1) is 17.7. The normalized spacial score (nSPS) is 10.5. The minimum atomic E-state index is -0.896. The Morgan fingerprint density at radius 1 is 0.784 bits per heavy atom. The predicted octanol–water partition coefficient (Wildman–Crippen LogP) is 7.70. The molecule has 5 aromatic rings. The van der Waals surface area contributed by atoms with E-state index in [0.29, 0.717) is 0 Å². The lowest BCUT2D eigenvalue weighted by Gasteiger charge is -2.14.